The van der Waals surface area contributed by atoms with Gasteiger partial charge in [0, 0.05) is 38.4 Å². The minimum absolute atomic E-state index is 0.0443. The van der Waals surface area contributed by atoms with E-state index in [2.05, 4.69) is 34.3 Å². The van der Waals surface area contributed by atoms with Crippen molar-refractivity contribution in [2.24, 2.45) is 11.1 Å². The van der Waals surface area contributed by atoms with E-state index in [0.717, 1.165) is 54.4 Å². The first-order valence-electron chi connectivity index (χ1n) is 9.02. The molecule has 3 heterocycles. The van der Waals surface area contributed by atoms with Crippen LogP contribution in [0.3, 0.4) is 0 Å². The van der Waals surface area contributed by atoms with E-state index in [0.29, 0.717) is 19.0 Å². The molecule has 3 rings (SSSR count). The van der Waals surface area contributed by atoms with E-state index >= 15 is 0 Å². The van der Waals surface area contributed by atoms with Gasteiger partial charge >= 0.3 is 0 Å². The minimum atomic E-state index is 0.0443. The number of oxime groups is 1. The van der Waals surface area contributed by atoms with Crippen molar-refractivity contribution in [1.82, 2.24) is 14.9 Å². The molecule has 1 amide bonds. The second kappa shape index (κ2) is 7.37. The summed E-state index contributed by atoms with van der Waals surface area (Å²) < 4.78 is 0. The van der Waals surface area contributed by atoms with E-state index in [4.69, 9.17) is 4.84 Å². The summed E-state index contributed by atoms with van der Waals surface area (Å²) >= 11 is 0. The number of nitrogens with one attached hydrogen (secondary N) is 1. The number of anilines is 1. The number of nitrogens with zero attached hydrogens (tertiary/aromatic N) is 4. The maximum atomic E-state index is 11.7. The molecule has 0 saturated carbocycles. The molecule has 25 heavy (non-hydrogen) atoms. The number of aromatic nitrogens is 2. The molecule has 2 aliphatic rings. The third-order valence-corrected chi connectivity index (χ3v) is 4.82. The average molecular weight is 345 g/mol. The quantitative estimate of drug-likeness (QED) is 0.902. The van der Waals surface area contributed by atoms with Gasteiger partial charge in [0.1, 0.15) is 17.7 Å². The predicted molar refractivity (Wildman–Crippen MR) is 96.7 cm³/mol. The lowest BCUT2D eigenvalue weighted by molar-refractivity contribution is -0.128. The van der Waals surface area contributed by atoms with Crippen LogP contribution < -0.4 is 5.32 Å². The first-order valence-corrected chi connectivity index (χ1v) is 9.02. The lowest BCUT2D eigenvalue weighted by Gasteiger charge is -2.17. The highest BCUT2D eigenvalue weighted by Crippen LogP contribution is 2.23. The molecule has 7 heteroatoms. The van der Waals surface area contributed by atoms with Gasteiger partial charge in [-0.2, -0.15) is 0 Å². The molecule has 1 aromatic heterocycles. The largest absolute Gasteiger partial charge is 0.390 e. The Hall–Kier alpha value is -2.18. The van der Waals surface area contributed by atoms with Crippen molar-refractivity contribution in [1.29, 1.82) is 0 Å². The fraction of sp³-hybridized carbons (Fsp3) is 0.667. The molecule has 2 aliphatic heterocycles. The van der Waals surface area contributed by atoms with Gasteiger partial charge in [-0.3, -0.25) is 4.79 Å². The summed E-state index contributed by atoms with van der Waals surface area (Å²) in [6.45, 7) is 9.89. The fourth-order valence-corrected chi connectivity index (χ4v) is 3.29. The Bertz CT molecular complexity index is 686. The zero-order valence-electron chi connectivity index (χ0n) is 15.5. The smallest absolute Gasteiger partial charge is 0.219 e. The molecule has 0 radical (unpaired) electrons. The van der Waals surface area contributed by atoms with Gasteiger partial charge in [-0.05, 0) is 19.3 Å². The van der Waals surface area contributed by atoms with Crippen LogP contribution in [-0.4, -0.2) is 52.2 Å². The highest BCUT2D eigenvalue weighted by atomic mass is 16.6. The Morgan fingerprint density at radius 3 is 2.76 bits per heavy atom. The molecule has 0 spiro atoms. The van der Waals surface area contributed by atoms with Crippen LogP contribution in [0.1, 0.15) is 44.3 Å². The highest BCUT2D eigenvalue weighted by molar-refractivity contribution is 5.87. The summed E-state index contributed by atoms with van der Waals surface area (Å²) in [5.74, 6) is 2.16. The summed E-state index contributed by atoms with van der Waals surface area (Å²) in [6.07, 6.45) is 2.45. The molecular weight excluding hydrogens is 318 g/mol. The van der Waals surface area contributed by atoms with Crippen molar-refractivity contribution in [3.63, 3.8) is 0 Å². The molecule has 0 bridgehead atoms. The van der Waals surface area contributed by atoms with E-state index in [-0.39, 0.29) is 12.0 Å². The van der Waals surface area contributed by atoms with Gasteiger partial charge < -0.3 is 15.1 Å². The standard InChI is InChI=1S/C18H27N5O2/c1-11(2)17-9-14(25-22-17)10-19-18-15-5-7-23(13(4)24)8-6-16(15)20-12(3)21-18/h11,14H,5-10H2,1-4H3,(H,19,20,21)/t14-/m0/s1. The third-order valence-electron chi connectivity index (χ3n) is 4.82. The number of rotatable bonds is 4. The number of carbonyl (C=O) groups is 1. The van der Waals surface area contributed by atoms with Gasteiger partial charge in [0.2, 0.25) is 5.91 Å². The van der Waals surface area contributed by atoms with Crippen molar-refractivity contribution < 1.29 is 9.63 Å². The van der Waals surface area contributed by atoms with Crippen LogP contribution in [0.4, 0.5) is 5.82 Å². The Kier molecular flexibility index (Phi) is 5.20. The number of carbonyl (C=O) groups excluding carboxylic acids is 1. The van der Waals surface area contributed by atoms with Gasteiger partial charge in [-0.1, -0.05) is 19.0 Å². The van der Waals surface area contributed by atoms with Crippen molar-refractivity contribution in [2.45, 2.75) is 53.1 Å². The third kappa shape index (κ3) is 4.08. The Labute approximate surface area is 148 Å². The summed E-state index contributed by atoms with van der Waals surface area (Å²) in [7, 11) is 0. The van der Waals surface area contributed by atoms with Crippen LogP contribution >= 0.6 is 0 Å². The summed E-state index contributed by atoms with van der Waals surface area (Å²) in [6, 6.07) is 0. The van der Waals surface area contributed by atoms with Crippen LogP contribution in [0.5, 0.6) is 0 Å². The van der Waals surface area contributed by atoms with Crippen LogP contribution in [0.25, 0.3) is 0 Å². The van der Waals surface area contributed by atoms with E-state index in [1.165, 1.54) is 0 Å². The van der Waals surface area contributed by atoms with Crippen LogP contribution in [0, 0.1) is 12.8 Å². The molecule has 0 fully saturated rings. The predicted octanol–water partition coefficient (Wildman–Crippen LogP) is 1.94. The van der Waals surface area contributed by atoms with E-state index in [9.17, 15) is 4.79 Å². The van der Waals surface area contributed by atoms with Crippen molar-refractivity contribution in [3.05, 3.63) is 17.1 Å². The van der Waals surface area contributed by atoms with Gasteiger partial charge in [0.15, 0.2) is 0 Å². The summed E-state index contributed by atoms with van der Waals surface area (Å²) in [4.78, 5) is 28.3. The normalized spacial score (nSPS) is 20.0. The zero-order chi connectivity index (χ0) is 18.0. The molecule has 1 N–H and O–H groups in total. The van der Waals surface area contributed by atoms with Crippen molar-refractivity contribution in [3.8, 4) is 0 Å². The maximum absolute atomic E-state index is 11.7. The Balaban J connectivity index is 1.69. The van der Waals surface area contributed by atoms with Gasteiger partial charge in [0.25, 0.3) is 0 Å². The van der Waals surface area contributed by atoms with Gasteiger partial charge in [-0.25, -0.2) is 9.97 Å². The maximum Gasteiger partial charge on any atom is 0.219 e. The molecule has 0 unspecified atom stereocenters. The van der Waals surface area contributed by atoms with Crippen molar-refractivity contribution >= 4 is 17.4 Å². The molecule has 1 atom stereocenters. The van der Waals surface area contributed by atoms with E-state index in [1.54, 1.807) is 6.92 Å². The Morgan fingerprint density at radius 2 is 2.08 bits per heavy atom. The summed E-state index contributed by atoms with van der Waals surface area (Å²) in [5.41, 5.74) is 3.28. The molecular formula is C18H27N5O2. The zero-order valence-corrected chi connectivity index (χ0v) is 15.5. The SMILES string of the molecule is CC(=O)N1CCc2nc(C)nc(NC[C@@H]3CC(C(C)C)=NO3)c2CC1. The second-order valence-corrected chi connectivity index (χ2v) is 7.10. The van der Waals surface area contributed by atoms with Gasteiger partial charge in [-0.15, -0.1) is 0 Å². The highest BCUT2D eigenvalue weighted by Gasteiger charge is 2.25. The van der Waals surface area contributed by atoms with Crippen molar-refractivity contribution in [2.75, 3.05) is 25.0 Å². The van der Waals surface area contributed by atoms with Crippen LogP contribution in [-0.2, 0) is 22.5 Å². The molecule has 0 aliphatic carbocycles. The minimum Gasteiger partial charge on any atom is -0.390 e. The molecule has 1 aromatic rings. The molecule has 0 saturated heterocycles. The lowest BCUT2D eigenvalue weighted by Crippen LogP contribution is -2.31. The monoisotopic (exact) mass is 345 g/mol. The summed E-state index contributed by atoms with van der Waals surface area (Å²) in [5, 5.41) is 7.61. The number of aryl methyl sites for hydroxylation is 1. The van der Waals surface area contributed by atoms with E-state index in [1.807, 2.05) is 11.8 Å². The van der Waals surface area contributed by atoms with Gasteiger partial charge in [0.05, 0.1) is 18.0 Å². The van der Waals surface area contributed by atoms with Crippen LogP contribution in [0.15, 0.2) is 5.16 Å². The molecule has 136 valence electrons. The number of fused-ring (bicyclic) bond motifs is 1. The number of amides is 1. The average Bonchev–Trinajstić information content (AvgIpc) is 2.92. The molecule has 0 aromatic carbocycles. The topological polar surface area (TPSA) is 79.7 Å². The van der Waals surface area contributed by atoms with Crippen LogP contribution in [0.2, 0.25) is 0 Å². The number of hydrogen-bond acceptors (Lipinski definition) is 6. The Morgan fingerprint density at radius 1 is 1.32 bits per heavy atom. The first-order chi connectivity index (χ1) is 11.9. The number of hydrogen-bond donors (Lipinski definition) is 1. The lowest BCUT2D eigenvalue weighted by atomic mass is 10.0. The second-order valence-electron chi connectivity index (χ2n) is 7.10. The molecule has 7 nitrogen and oxygen atoms in total. The first kappa shape index (κ1) is 17.6. The fourth-order valence-electron chi connectivity index (χ4n) is 3.29. The van der Waals surface area contributed by atoms with E-state index < -0.39 is 0 Å².